The fourth-order valence-electron chi connectivity index (χ4n) is 4.27. The predicted octanol–water partition coefficient (Wildman–Crippen LogP) is 3.64. The van der Waals surface area contributed by atoms with E-state index in [9.17, 15) is 13.2 Å². The van der Waals surface area contributed by atoms with E-state index in [-0.39, 0.29) is 17.3 Å². The van der Waals surface area contributed by atoms with Crippen LogP contribution in [0.5, 0.6) is 17.4 Å². The second-order valence-corrected chi connectivity index (χ2v) is 10.8. The van der Waals surface area contributed by atoms with Gasteiger partial charge in [0.15, 0.2) is 11.5 Å². The quantitative estimate of drug-likeness (QED) is 0.491. The third-order valence-electron chi connectivity index (χ3n) is 6.28. The van der Waals surface area contributed by atoms with Gasteiger partial charge >= 0.3 is 0 Å². The van der Waals surface area contributed by atoms with Crippen molar-refractivity contribution in [3.05, 3.63) is 78.0 Å². The van der Waals surface area contributed by atoms with Crippen LogP contribution in [-0.4, -0.2) is 50.5 Å². The Hall–Kier alpha value is -3.47. The normalized spacial score (nSPS) is 15.2. The van der Waals surface area contributed by atoms with E-state index in [2.05, 4.69) is 15.2 Å². The van der Waals surface area contributed by atoms with Crippen LogP contribution in [0.3, 0.4) is 0 Å². The van der Waals surface area contributed by atoms with E-state index in [1.54, 1.807) is 18.3 Å². The highest BCUT2D eigenvalue weighted by Gasteiger charge is 2.17. The van der Waals surface area contributed by atoms with Crippen LogP contribution in [0, 0.1) is 0 Å². The number of aromatic nitrogens is 1. The fourth-order valence-corrected chi connectivity index (χ4v) is 4.79. The van der Waals surface area contributed by atoms with Crippen LogP contribution in [-0.2, 0) is 27.8 Å². The molecule has 1 amide bonds. The second-order valence-electron chi connectivity index (χ2n) is 9.28. The van der Waals surface area contributed by atoms with Crippen LogP contribution in [0.4, 0.5) is 0 Å². The number of benzene rings is 2. The lowest BCUT2D eigenvalue weighted by atomic mass is 10.1. The van der Waals surface area contributed by atoms with Gasteiger partial charge in [-0.1, -0.05) is 43.2 Å². The highest BCUT2D eigenvalue weighted by Crippen LogP contribution is 2.32. The number of carbonyl (C=O) groups is 1. The van der Waals surface area contributed by atoms with Gasteiger partial charge in [-0.05, 0) is 61.7 Å². The van der Waals surface area contributed by atoms with E-state index in [0.29, 0.717) is 43.5 Å². The molecule has 0 spiro atoms. The minimum atomic E-state index is -3.72. The summed E-state index contributed by atoms with van der Waals surface area (Å²) in [6.07, 6.45) is 6.29. The van der Waals surface area contributed by atoms with Gasteiger partial charge in [0.05, 0.1) is 18.0 Å². The summed E-state index contributed by atoms with van der Waals surface area (Å²) < 4.78 is 35.0. The molecule has 9 nitrogen and oxygen atoms in total. The van der Waals surface area contributed by atoms with Crippen molar-refractivity contribution in [2.45, 2.75) is 43.5 Å². The Morgan fingerprint density at radius 1 is 0.974 bits per heavy atom. The molecule has 1 aliphatic rings. The number of sulfonamides is 1. The minimum absolute atomic E-state index is 0.0710. The summed E-state index contributed by atoms with van der Waals surface area (Å²) in [4.78, 5) is 19.5. The SMILES string of the molecule is NS(=O)(=O)c1ccc(CCNC(=O)CN2CCCCCCOc3ccccc3Oc3ncccc3C2)cc1. The molecule has 0 unspecified atom stereocenters. The van der Waals surface area contributed by atoms with Gasteiger partial charge in [0, 0.05) is 24.8 Å². The molecule has 0 radical (unpaired) electrons. The van der Waals surface area contributed by atoms with E-state index in [4.69, 9.17) is 14.6 Å². The average Bonchev–Trinajstić information content (AvgIpc) is 2.89. The van der Waals surface area contributed by atoms with Crippen LogP contribution >= 0.6 is 0 Å². The maximum absolute atomic E-state index is 12.8. The average molecular weight is 539 g/mol. The van der Waals surface area contributed by atoms with Gasteiger partial charge in [0.2, 0.25) is 21.8 Å². The van der Waals surface area contributed by atoms with Gasteiger partial charge in [-0.25, -0.2) is 18.5 Å². The Labute approximate surface area is 224 Å². The molecule has 0 atom stereocenters. The van der Waals surface area contributed by atoms with Crippen molar-refractivity contribution >= 4 is 15.9 Å². The molecule has 1 aromatic heterocycles. The zero-order valence-electron chi connectivity index (χ0n) is 21.3. The van der Waals surface area contributed by atoms with Crippen LogP contribution in [0.25, 0.3) is 0 Å². The molecule has 2 aromatic carbocycles. The summed E-state index contributed by atoms with van der Waals surface area (Å²) in [5.74, 6) is 1.73. The molecule has 0 saturated heterocycles. The first-order chi connectivity index (χ1) is 18.4. The van der Waals surface area contributed by atoms with Crippen LogP contribution in [0.15, 0.2) is 71.8 Å². The van der Waals surface area contributed by atoms with Crippen LogP contribution < -0.4 is 19.9 Å². The second kappa shape index (κ2) is 13.4. The lowest BCUT2D eigenvalue weighted by Gasteiger charge is -2.23. The zero-order valence-corrected chi connectivity index (χ0v) is 22.2. The van der Waals surface area contributed by atoms with Gasteiger partial charge in [-0.2, -0.15) is 0 Å². The maximum atomic E-state index is 12.8. The van der Waals surface area contributed by atoms with Crippen LogP contribution in [0.1, 0.15) is 36.8 Å². The van der Waals surface area contributed by atoms with Crippen molar-refractivity contribution < 1.29 is 22.7 Å². The largest absolute Gasteiger partial charge is 0.490 e. The van der Waals surface area contributed by atoms with Crippen LogP contribution in [0.2, 0.25) is 0 Å². The number of nitrogens with zero attached hydrogens (tertiary/aromatic N) is 2. The van der Waals surface area contributed by atoms with Gasteiger partial charge in [0.25, 0.3) is 0 Å². The summed E-state index contributed by atoms with van der Waals surface area (Å²) in [5.41, 5.74) is 1.81. The molecule has 10 heteroatoms. The van der Waals surface area contributed by atoms with E-state index in [1.165, 1.54) is 12.1 Å². The van der Waals surface area contributed by atoms with E-state index in [0.717, 1.165) is 43.4 Å². The van der Waals surface area contributed by atoms with Gasteiger partial charge in [0.1, 0.15) is 0 Å². The molecule has 4 rings (SSSR count). The Bertz CT molecular complexity index is 1310. The number of amides is 1. The topological polar surface area (TPSA) is 124 Å². The lowest BCUT2D eigenvalue weighted by Crippen LogP contribution is -2.38. The number of nitrogens with one attached hydrogen (secondary N) is 1. The number of primary sulfonamides is 1. The molecule has 1 aliphatic heterocycles. The maximum Gasteiger partial charge on any atom is 0.238 e. The predicted molar refractivity (Wildman–Crippen MR) is 145 cm³/mol. The summed E-state index contributed by atoms with van der Waals surface area (Å²) in [6, 6.07) is 17.8. The number of hydrogen-bond donors (Lipinski definition) is 2. The molecule has 3 aromatic rings. The van der Waals surface area contributed by atoms with Crippen molar-refractivity contribution in [1.82, 2.24) is 15.2 Å². The number of fused-ring (bicyclic) bond motifs is 2. The molecular weight excluding hydrogens is 504 g/mol. The summed E-state index contributed by atoms with van der Waals surface area (Å²) in [6.45, 7) is 2.60. The van der Waals surface area contributed by atoms with Crippen molar-refractivity contribution in [2.24, 2.45) is 5.14 Å². The molecule has 0 aliphatic carbocycles. The Morgan fingerprint density at radius 2 is 1.74 bits per heavy atom. The third-order valence-corrected chi connectivity index (χ3v) is 7.21. The first-order valence-corrected chi connectivity index (χ1v) is 14.4. The molecular formula is C28H34N4O5S. The van der Waals surface area contributed by atoms with Crippen molar-refractivity contribution in [3.8, 4) is 17.4 Å². The lowest BCUT2D eigenvalue weighted by molar-refractivity contribution is -0.122. The van der Waals surface area contributed by atoms with Crippen molar-refractivity contribution in [1.29, 1.82) is 0 Å². The number of pyridine rings is 1. The smallest absolute Gasteiger partial charge is 0.238 e. The molecule has 3 N–H and O–H groups in total. The molecule has 0 bridgehead atoms. The van der Waals surface area contributed by atoms with Gasteiger partial charge in [-0.3, -0.25) is 9.69 Å². The number of carbonyl (C=O) groups excluding carboxylic acids is 1. The Balaban J connectivity index is 1.39. The summed E-state index contributed by atoms with van der Waals surface area (Å²) in [7, 11) is -3.72. The monoisotopic (exact) mass is 538 g/mol. The standard InChI is InChI=1S/C28H34N4O5S/c29-38(34,35)24-13-11-22(12-14-24)15-17-30-27(33)21-32-18-5-1-2-6-19-36-25-9-3-4-10-26(25)37-28-23(20-32)8-7-16-31-28/h3-4,7-14,16H,1-2,5-6,15,17-21H2,(H,30,33)(H2,29,34,35). The van der Waals surface area contributed by atoms with E-state index in [1.807, 2.05) is 36.4 Å². The Morgan fingerprint density at radius 3 is 2.53 bits per heavy atom. The number of ether oxygens (including phenoxy) is 2. The van der Waals surface area contributed by atoms with E-state index >= 15 is 0 Å². The van der Waals surface area contributed by atoms with Gasteiger partial charge < -0.3 is 14.8 Å². The highest BCUT2D eigenvalue weighted by atomic mass is 32.2. The molecule has 0 saturated carbocycles. The third kappa shape index (κ3) is 8.27. The zero-order chi connectivity index (χ0) is 26.8. The Kier molecular flexibility index (Phi) is 9.69. The van der Waals surface area contributed by atoms with E-state index < -0.39 is 10.0 Å². The minimum Gasteiger partial charge on any atom is -0.490 e. The summed E-state index contributed by atoms with van der Waals surface area (Å²) >= 11 is 0. The first-order valence-electron chi connectivity index (χ1n) is 12.8. The summed E-state index contributed by atoms with van der Waals surface area (Å²) in [5, 5.41) is 8.13. The molecule has 202 valence electrons. The molecule has 0 fully saturated rings. The number of nitrogens with two attached hydrogens (primary N) is 1. The van der Waals surface area contributed by atoms with Gasteiger partial charge in [-0.15, -0.1) is 0 Å². The fraction of sp³-hybridized carbons (Fsp3) is 0.357. The highest BCUT2D eigenvalue weighted by molar-refractivity contribution is 7.89. The molecule has 2 heterocycles. The first kappa shape index (κ1) is 27.6. The molecule has 38 heavy (non-hydrogen) atoms. The van der Waals surface area contributed by atoms with Crippen molar-refractivity contribution in [2.75, 3.05) is 26.2 Å². The number of hydrogen-bond acceptors (Lipinski definition) is 7. The number of rotatable bonds is 6. The number of para-hydroxylation sites is 2. The van der Waals surface area contributed by atoms with Crippen molar-refractivity contribution in [3.63, 3.8) is 0 Å².